The maximum Gasteiger partial charge on any atom is 0.223 e. The van der Waals surface area contributed by atoms with Gasteiger partial charge in [0.25, 0.3) is 0 Å². The first kappa shape index (κ1) is 13.5. The molecule has 1 aromatic carbocycles. The number of rotatable bonds is 2. The Labute approximate surface area is 121 Å². The zero-order valence-electron chi connectivity index (χ0n) is 12.3. The van der Waals surface area contributed by atoms with E-state index < -0.39 is 0 Å². The predicted molar refractivity (Wildman–Crippen MR) is 81.9 cm³/mol. The minimum absolute atomic E-state index is 0.336. The molecule has 2 aliphatic rings. The van der Waals surface area contributed by atoms with Gasteiger partial charge in [-0.15, -0.1) is 0 Å². The summed E-state index contributed by atoms with van der Waals surface area (Å²) < 4.78 is 0. The van der Waals surface area contributed by atoms with Gasteiger partial charge in [-0.3, -0.25) is 4.79 Å². The summed E-state index contributed by atoms with van der Waals surface area (Å²) >= 11 is 0. The number of amides is 1. The average Bonchev–Trinajstić information content (AvgIpc) is 2.72. The number of nitrogens with one attached hydrogen (secondary N) is 1. The number of hydrogen-bond acceptors (Lipinski definition) is 2. The van der Waals surface area contributed by atoms with Crippen LogP contribution in [0.25, 0.3) is 0 Å². The number of carbonyl (C=O) groups excluding carboxylic acids is 1. The SMILES string of the molecule is CC1CCCN(C(=O)CC2CNc3ccccc32)CC1. The van der Waals surface area contributed by atoms with E-state index in [1.165, 1.54) is 17.7 Å². The van der Waals surface area contributed by atoms with Crippen molar-refractivity contribution >= 4 is 11.6 Å². The van der Waals surface area contributed by atoms with Gasteiger partial charge in [-0.25, -0.2) is 0 Å². The van der Waals surface area contributed by atoms with Crippen LogP contribution in [0.2, 0.25) is 0 Å². The highest BCUT2D eigenvalue weighted by Crippen LogP contribution is 2.33. The third-order valence-corrected chi connectivity index (χ3v) is 4.73. The average molecular weight is 272 g/mol. The van der Waals surface area contributed by atoms with Crippen molar-refractivity contribution in [3.05, 3.63) is 29.8 Å². The van der Waals surface area contributed by atoms with Gasteiger partial charge in [-0.05, 0) is 36.8 Å². The minimum atomic E-state index is 0.336. The molecule has 20 heavy (non-hydrogen) atoms. The smallest absolute Gasteiger partial charge is 0.223 e. The van der Waals surface area contributed by atoms with Gasteiger partial charge in [-0.1, -0.05) is 25.1 Å². The standard InChI is InChI=1S/C17H24N2O/c1-13-5-4-9-19(10-8-13)17(20)11-14-12-18-16-7-3-2-6-15(14)16/h2-3,6-7,13-14,18H,4-5,8-12H2,1H3. The Hall–Kier alpha value is -1.51. The predicted octanol–water partition coefficient (Wildman–Crippen LogP) is 3.23. The Morgan fingerprint density at radius 2 is 2.15 bits per heavy atom. The fourth-order valence-corrected chi connectivity index (χ4v) is 3.39. The third kappa shape index (κ3) is 2.82. The van der Waals surface area contributed by atoms with Gasteiger partial charge >= 0.3 is 0 Å². The summed E-state index contributed by atoms with van der Waals surface area (Å²) in [4.78, 5) is 14.6. The molecule has 0 aromatic heterocycles. The van der Waals surface area contributed by atoms with Crippen LogP contribution < -0.4 is 5.32 Å². The molecule has 2 aliphatic heterocycles. The quantitative estimate of drug-likeness (QED) is 0.896. The van der Waals surface area contributed by atoms with Gasteiger partial charge in [0.05, 0.1) is 0 Å². The molecule has 0 aliphatic carbocycles. The van der Waals surface area contributed by atoms with Gasteiger partial charge in [-0.2, -0.15) is 0 Å². The molecule has 2 unspecified atom stereocenters. The van der Waals surface area contributed by atoms with Crippen LogP contribution in [0, 0.1) is 5.92 Å². The van der Waals surface area contributed by atoms with Crippen molar-refractivity contribution < 1.29 is 4.79 Å². The van der Waals surface area contributed by atoms with Crippen LogP contribution in [0.1, 0.15) is 44.1 Å². The first-order valence-electron chi connectivity index (χ1n) is 7.84. The number of nitrogens with zero attached hydrogens (tertiary/aromatic N) is 1. The van der Waals surface area contributed by atoms with E-state index in [2.05, 4.69) is 35.3 Å². The summed E-state index contributed by atoms with van der Waals surface area (Å²) in [6.07, 6.45) is 4.23. The maximum atomic E-state index is 12.5. The second kappa shape index (κ2) is 5.86. The van der Waals surface area contributed by atoms with E-state index >= 15 is 0 Å². The highest BCUT2D eigenvalue weighted by atomic mass is 16.2. The van der Waals surface area contributed by atoms with Crippen LogP contribution in [-0.4, -0.2) is 30.4 Å². The lowest BCUT2D eigenvalue weighted by Gasteiger charge is -2.22. The zero-order valence-corrected chi connectivity index (χ0v) is 12.3. The van der Waals surface area contributed by atoms with Crippen molar-refractivity contribution in [1.29, 1.82) is 0 Å². The Morgan fingerprint density at radius 3 is 3.05 bits per heavy atom. The third-order valence-electron chi connectivity index (χ3n) is 4.73. The van der Waals surface area contributed by atoms with E-state index in [1.54, 1.807) is 0 Å². The van der Waals surface area contributed by atoms with E-state index in [9.17, 15) is 4.79 Å². The van der Waals surface area contributed by atoms with Crippen molar-refractivity contribution in [2.24, 2.45) is 5.92 Å². The molecule has 3 nitrogen and oxygen atoms in total. The lowest BCUT2D eigenvalue weighted by molar-refractivity contribution is -0.131. The minimum Gasteiger partial charge on any atom is -0.384 e. The number of likely N-dealkylation sites (tertiary alicyclic amines) is 1. The number of anilines is 1. The van der Waals surface area contributed by atoms with E-state index in [-0.39, 0.29) is 0 Å². The molecule has 2 atom stereocenters. The van der Waals surface area contributed by atoms with Crippen molar-refractivity contribution in [3.63, 3.8) is 0 Å². The number of benzene rings is 1. The first-order chi connectivity index (χ1) is 9.74. The zero-order chi connectivity index (χ0) is 13.9. The van der Waals surface area contributed by atoms with Crippen LogP contribution in [0.4, 0.5) is 5.69 Å². The molecule has 3 heteroatoms. The molecular weight excluding hydrogens is 248 g/mol. The van der Waals surface area contributed by atoms with Crippen LogP contribution in [0.15, 0.2) is 24.3 Å². The fraction of sp³-hybridized carbons (Fsp3) is 0.588. The van der Waals surface area contributed by atoms with E-state index in [1.807, 2.05) is 6.07 Å². The van der Waals surface area contributed by atoms with Gasteiger partial charge < -0.3 is 10.2 Å². The topological polar surface area (TPSA) is 32.3 Å². The summed E-state index contributed by atoms with van der Waals surface area (Å²) in [7, 11) is 0. The van der Waals surface area contributed by atoms with Crippen molar-refractivity contribution in [3.8, 4) is 0 Å². The number of hydrogen-bond donors (Lipinski definition) is 1. The Morgan fingerprint density at radius 1 is 1.30 bits per heavy atom. The summed E-state index contributed by atoms with van der Waals surface area (Å²) in [6, 6.07) is 8.37. The van der Waals surface area contributed by atoms with Crippen LogP contribution in [0.5, 0.6) is 0 Å². The van der Waals surface area contributed by atoms with Crippen molar-refractivity contribution in [1.82, 2.24) is 4.90 Å². The van der Waals surface area contributed by atoms with Gasteiger partial charge in [0.2, 0.25) is 5.91 Å². The Kier molecular flexibility index (Phi) is 3.95. The fourth-order valence-electron chi connectivity index (χ4n) is 3.39. The van der Waals surface area contributed by atoms with E-state index in [0.29, 0.717) is 18.2 Å². The number of para-hydroxylation sites is 1. The molecule has 1 aromatic rings. The molecule has 0 radical (unpaired) electrons. The second-order valence-corrected chi connectivity index (χ2v) is 6.29. The summed E-state index contributed by atoms with van der Waals surface area (Å²) in [5.74, 6) is 1.45. The summed E-state index contributed by atoms with van der Waals surface area (Å²) in [5.41, 5.74) is 2.51. The van der Waals surface area contributed by atoms with Gasteiger partial charge in [0.1, 0.15) is 0 Å². The lowest BCUT2D eigenvalue weighted by atomic mass is 9.97. The number of fused-ring (bicyclic) bond motifs is 1. The largest absolute Gasteiger partial charge is 0.384 e. The Balaban J connectivity index is 1.62. The second-order valence-electron chi connectivity index (χ2n) is 6.29. The van der Waals surface area contributed by atoms with Crippen LogP contribution in [0.3, 0.4) is 0 Å². The highest BCUT2D eigenvalue weighted by Gasteiger charge is 2.27. The normalized spacial score (nSPS) is 25.8. The molecular formula is C17H24N2O. The van der Waals surface area contributed by atoms with E-state index in [4.69, 9.17) is 0 Å². The molecule has 1 amide bonds. The van der Waals surface area contributed by atoms with Crippen molar-refractivity contribution in [2.75, 3.05) is 25.0 Å². The van der Waals surface area contributed by atoms with Crippen LogP contribution in [-0.2, 0) is 4.79 Å². The summed E-state index contributed by atoms with van der Waals surface area (Å²) in [5, 5.41) is 3.41. The molecule has 1 fully saturated rings. The molecule has 0 bridgehead atoms. The Bertz CT molecular complexity index is 486. The summed E-state index contributed by atoms with van der Waals surface area (Å²) in [6.45, 7) is 5.09. The molecule has 1 saturated heterocycles. The van der Waals surface area contributed by atoms with Crippen LogP contribution >= 0.6 is 0 Å². The molecule has 3 rings (SSSR count). The number of carbonyl (C=O) groups is 1. The molecule has 0 spiro atoms. The van der Waals surface area contributed by atoms with Crippen molar-refractivity contribution in [2.45, 2.75) is 38.5 Å². The monoisotopic (exact) mass is 272 g/mol. The molecule has 108 valence electrons. The first-order valence-corrected chi connectivity index (χ1v) is 7.84. The lowest BCUT2D eigenvalue weighted by Crippen LogP contribution is -2.33. The highest BCUT2D eigenvalue weighted by molar-refractivity contribution is 5.78. The van der Waals surface area contributed by atoms with Gasteiger partial charge in [0.15, 0.2) is 0 Å². The molecule has 2 heterocycles. The maximum absolute atomic E-state index is 12.5. The van der Waals surface area contributed by atoms with E-state index in [0.717, 1.165) is 38.4 Å². The molecule has 0 saturated carbocycles. The van der Waals surface area contributed by atoms with Gasteiger partial charge in [0, 0.05) is 37.7 Å². The molecule has 1 N–H and O–H groups in total.